The molecule has 4 heteroatoms. The predicted molar refractivity (Wildman–Crippen MR) is 73.1 cm³/mol. The molecule has 0 amide bonds. The van der Waals surface area contributed by atoms with E-state index in [2.05, 4.69) is 0 Å². The standard InChI is InChI=1S/C15H17NO3/c1-12(17)11-16-9-4-3-8-15(16)19-14-7-5-6-13(10-14)18-2/h3-10,15H,11H2,1-2H3. The van der Waals surface area contributed by atoms with Crippen molar-refractivity contribution in [1.29, 1.82) is 0 Å². The van der Waals surface area contributed by atoms with E-state index in [1.807, 2.05) is 53.6 Å². The van der Waals surface area contributed by atoms with Gasteiger partial charge in [-0.3, -0.25) is 4.79 Å². The molecule has 0 N–H and O–H groups in total. The van der Waals surface area contributed by atoms with Crippen molar-refractivity contribution >= 4 is 5.78 Å². The summed E-state index contributed by atoms with van der Waals surface area (Å²) in [5.41, 5.74) is 0. The van der Waals surface area contributed by atoms with E-state index in [-0.39, 0.29) is 12.0 Å². The van der Waals surface area contributed by atoms with E-state index in [9.17, 15) is 4.79 Å². The smallest absolute Gasteiger partial charge is 0.192 e. The first-order valence-corrected chi connectivity index (χ1v) is 6.10. The minimum Gasteiger partial charge on any atom is -0.497 e. The van der Waals surface area contributed by atoms with Gasteiger partial charge in [-0.15, -0.1) is 0 Å². The van der Waals surface area contributed by atoms with Crippen LogP contribution >= 0.6 is 0 Å². The Morgan fingerprint density at radius 3 is 2.84 bits per heavy atom. The van der Waals surface area contributed by atoms with Crippen LogP contribution in [-0.4, -0.2) is 30.6 Å². The van der Waals surface area contributed by atoms with Gasteiger partial charge >= 0.3 is 0 Å². The van der Waals surface area contributed by atoms with E-state index in [1.165, 1.54) is 0 Å². The lowest BCUT2D eigenvalue weighted by molar-refractivity contribution is -0.118. The lowest BCUT2D eigenvalue weighted by atomic mass is 10.3. The molecule has 19 heavy (non-hydrogen) atoms. The summed E-state index contributed by atoms with van der Waals surface area (Å²) in [5, 5.41) is 0. The maximum atomic E-state index is 11.2. The highest BCUT2D eigenvalue weighted by atomic mass is 16.5. The number of methoxy groups -OCH3 is 1. The van der Waals surface area contributed by atoms with Gasteiger partial charge in [-0.1, -0.05) is 12.1 Å². The van der Waals surface area contributed by atoms with Gasteiger partial charge in [0.2, 0.25) is 0 Å². The average Bonchev–Trinajstić information content (AvgIpc) is 2.41. The summed E-state index contributed by atoms with van der Waals surface area (Å²) in [6.07, 6.45) is 7.27. The van der Waals surface area contributed by atoms with Gasteiger partial charge in [0.25, 0.3) is 0 Å². The molecule has 0 aromatic heterocycles. The molecule has 0 spiro atoms. The third-order valence-corrected chi connectivity index (χ3v) is 2.69. The summed E-state index contributed by atoms with van der Waals surface area (Å²) in [6, 6.07) is 7.40. The molecular weight excluding hydrogens is 242 g/mol. The van der Waals surface area contributed by atoms with Crippen molar-refractivity contribution in [3.05, 3.63) is 48.7 Å². The molecule has 0 fully saturated rings. The predicted octanol–water partition coefficient (Wildman–Crippen LogP) is 2.37. The van der Waals surface area contributed by atoms with Crippen LogP contribution in [0.2, 0.25) is 0 Å². The molecule has 4 nitrogen and oxygen atoms in total. The third kappa shape index (κ3) is 3.61. The molecule has 1 heterocycles. The van der Waals surface area contributed by atoms with E-state index in [1.54, 1.807) is 14.0 Å². The Labute approximate surface area is 112 Å². The van der Waals surface area contributed by atoms with Gasteiger partial charge in [-0.05, 0) is 31.2 Å². The number of Topliss-reactive ketones (excluding diaryl/α,β-unsaturated/α-hetero) is 1. The third-order valence-electron chi connectivity index (χ3n) is 2.69. The average molecular weight is 259 g/mol. The first-order valence-electron chi connectivity index (χ1n) is 6.10. The molecule has 1 aromatic rings. The largest absolute Gasteiger partial charge is 0.497 e. The number of benzene rings is 1. The molecule has 100 valence electrons. The number of hydrogen-bond donors (Lipinski definition) is 0. The summed E-state index contributed by atoms with van der Waals surface area (Å²) >= 11 is 0. The Balaban J connectivity index is 2.09. The van der Waals surface area contributed by atoms with Crippen LogP contribution in [0.5, 0.6) is 11.5 Å². The monoisotopic (exact) mass is 259 g/mol. The van der Waals surface area contributed by atoms with Gasteiger partial charge in [0.05, 0.1) is 13.7 Å². The van der Waals surface area contributed by atoms with Gasteiger partial charge in [-0.25, -0.2) is 0 Å². The normalized spacial score (nSPS) is 17.4. The van der Waals surface area contributed by atoms with Gasteiger partial charge < -0.3 is 14.4 Å². The second-order valence-corrected chi connectivity index (χ2v) is 4.29. The van der Waals surface area contributed by atoms with Crippen LogP contribution in [0.3, 0.4) is 0 Å². The van der Waals surface area contributed by atoms with Gasteiger partial charge in [0.15, 0.2) is 6.23 Å². The van der Waals surface area contributed by atoms with Crippen LogP contribution in [0.4, 0.5) is 0 Å². The fourth-order valence-electron chi connectivity index (χ4n) is 1.84. The highest BCUT2D eigenvalue weighted by Gasteiger charge is 2.17. The highest BCUT2D eigenvalue weighted by Crippen LogP contribution is 2.22. The zero-order chi connectivity index (χ0) is 13.7. The molecule has 0 saturated heterocycles. The van der Waals surface area contributed by atoms with E-state index in [0.717, 1.165) is 5.75 Å². The van der Waals surface area contributed by atoms with E-state index < -0.39 is 0 Å². The lowest BCUT2D eigenvalue weighted by Crippen LogP contribution is -2.38. The molecule has 1 aliphatic heterocycles. The van der Waals surface area contributed by atoms with Crippen molar-refractivity contribution in [3.8, 4) is 11.5 Å². The number of allylic oxidation sites excluding steroid dienone is 2. The molecule has 2 rings (SSSR count). The summed E-state index contributed by atoms with van der Waals surface area (Å²) in [4.78, 5) is 13.1. The Kier molecular flexibility index (Phi) is 4.23. The van der Waals surface area contributed by atoms with Crippen LogP contribution in [0.25, 0.3) is 0 Å². The Hall–Kier alpha value is -2.23. The summed E-state index contributed by atoms with van der Waals surface area (Å²) in [7, 11) is 1.62. The van der Waals surface area contributed by atoms with Crippen LogP contribution < -0.4 is 9.47 Å². The number of carbonyl (C=O) groups is 1. The number of carbonyl (C=O) groups excluding carboxylic acids is 1. The summed E-state index contributed by atoms with van der Waals surface area (Å²) < 4.78 is 11.0. The molecule has 0 aliphatic carbocycles. The van der Waals surface area contributed by atoms with Gasteiger partial charge in [0, 0.05) is 12.3 Å². The number of rotatable bonds is 5. The van der Waals surface area contributed by atoms with Crippen molar-refractivity contribution in [2.45, 2.75) is 13.2 Å². The zero-order valence-electron chi connectivity index (χ0n) is 11.1. The van der Waals surface area contributed by atoms with E-state index in [4.69, 9.17) is 9.47 Å². The van der Waals surface area contributed by atoms with Crippen LogP contribution in [0.15, 0.2) is 48.7 Å². The van der Waals surface area contributed by atoms with Gasteiger partial charge in [-0.2, -0.15) is 0 Å². The highest BCUT2D eigenvalue weighted by molar-refractivity contribution is 5.77. The number of ketones is 1. The van der Waals surface area contributed by atoms with E-state index in [0.29, 0.717) is 12.3 Å². The maximum absolute atomic E-state index is 11.2. The SMILES string of the molecule is COc1cccc(OC2C=CC=CN2CC(C)=O)c1. The Bertz CT molecular complexity index is 508. The zero-order valence-corrected chi connectivity index (χ0v) is 11.1. The van der Waals surface area contributed by atoms with Crippen molar-refractivity contribution in [2.75, 3.05) is 13.7 Å². The van der Waals surface area contributed by atoms with Crippen molar-refractivity contribution in [1.82, 2.24) is 4.90 Å². The van der Waals surface area contributed by atoms with Crippen LogP contribution in [0.1, 0.15) is 6.92 Å². The topological polar surface area (TPSA) is 38.8 Å². The molecule has 0 radical (unpaired) electrons. The molecule has 1 aromatic carbocycles. The van der Waals surface area contributed by atoms with Crippen LogP contribution in [0, 0.1) is 0 Å². The minimum absolute atomic E-state index is 0.0965. The van der Waals surface area contributed by atoms with Crippen LogP contribution in [-0.2, 0) is 4.79 Å². The summed E-state index contributed by atoms with van der Waals surface area (Å²) in [6.45, 7) is 1.89. The number of nitrogens with zero attached hydrogens (tertiary/aromatic N) is 1. The molecule has 1 unspecified atom stereocenters. The Morgan fingerprint density at radius 2 is 2.11 bits per heavy atom. The van der Waals surface area contributed by atoms with Crippen molar-refractivity contribution < 1.29 is 14.3 Å². The molecule has 0 bridgehead atoms. The van der Waals surface area contributed by atoms with Gasteiger partial charge in [0.1, 0.15) is 17.3 Å². The lowest BCUT2D eigenvalue weighted by Gasteiger charge is -2.29. The number of hydrogen-bond acceptors (Lipinski definition) is 4. The fraction of sp³-hybridized carbons (Fsp3) is 0.267. The minimum atomic E-state index is -0.277. The van der Waals surface area contributed by atoms with Crippen molar-refractivity contribution in [3.63, 3.8) is 0 Å². The second-order valence-electron chi connectivity index (χ2n) is 4.29. The first kappa shape index (κ1) is 13.2. The fourth-order valence-corrected chi connectivity index (χ4v) is 1.84. The second kappa shape index (κ2) is 6.09. The van der Waals surface area contributed by atoms with E-state index >= 15 is 0 Å². The maximum Gasteiger partial charge on any atom is 0.192 e. The quantitative estimate of drug-likeness (QED) is 0.813. The first-order chi connectivity index (χ1) is 9.19. The van der Waals surface area contributed by atoms with Crippen molar-refractivity contribution in [2.24, 2.45) is 0 Å². The molecular formula is C15H17NO3. The molecule has 1 atom stereocenters. The summed E-state index contributed by atoms with van der Waals surface area (Å²) in [5.74, 6) is 1.54. The number of ether oxygens (including phenoxy) is 2. The molecule has 1 aliphatic rings. The Morgan fingerprint density at radius 1 is 1.32 bits per heavy atom. The molecule has 0 saturated carbocycles.